The van der Waals surface area contributed by atoms with Crippen LogP contribution in [0.4, 0.5) is 0 Å². The van der Waals surface area contributed by atoms with Gasteiger partial charge in [0.2, 0.25) is 11.8 Å². The summed E-state index contributed by atoms with van der Waals surface area (Å²) in [5, 5.41) is 4.57. The number of carbonyl (C=O) groups is 2. The molecule has 22 heavy (non-hydrogen) atoms. The molecule has 0 aromatic carbocycles. The Morgan fingerprint density at radius 3 is 2.68 bits per heavy atom. The Labute approximate surface area is 131 Å². The molecule has 2 atom stereocenters. The van der Waals surface area contributed by atoms with E-state index in [4.69, 9.17) is 0 Å². The molecule has 2 fully saturated rings. The molecule has 6 nitrogen and oxygen atoms in total. The van der Waals surface area contributed by atoms with Crippen LogP contribution in [0.1, 0.15) is 36.7 Å². The van der Waals surface area contributed by atoms with Crippen molar-refractivity contribution in [2.75, 3.05) is 26.7 Å². The van der Waals surface area contributed by atoms with Crippen LogP contribution in [-0.2, 0) is 9.59 Å². The lowest BCUT2D eigenvalue weighted by atomic mass is 10.0. The minimum atomic E-state index is -0.170. The second-order valence-electron chi connectivity index (χ2n) is 6.63. The normalized spacial score (nSPS) is 25.9. The van der Waals surface area contributed by atoms with Crippen LogP contribution in [0.3, 0.4) is 0 Å². The van der Waals surface area contributed by atoms with Crippen LogP contribution in [0, 0.1) is 19.8 Å². The van der Waals surface area contributed by atoms with Crippen molar-refractivity contribution in [3.05, 3.63) is 17.5 Å². The molecule has 2 saturated heterocycles. The topological polar surface area (TPSA) is 58.4 Å². The first kappa shape index (κ1) is 15.1. The van der Waals surface area contributed by atoms with Gasteiger partial charge in [-0.1, -0.05) is 0 Å². The van der Waals surface area contributed by atoms with Crippen LogP contribution in [-0.4, -0.2) is 58.1 Å². The Hall–Kier alpha value is -1.85. The van der Waals surface area contributed by atoms with Crippen LogP contribution in [0.2, 0.25) is 0 Å². The van der Waals surface area contributed by atoms with E-state index in [-0.39, 0.29) is 23.8 Å². The molecule has 0 radical (unpaired) electrons. The van der Waals surface area contributed by atoms with E-state index in [0.717, 1.165) is 30.8 Å². The van der Waals surface area contributed by atoms with Crippen molar-refractivity contribution in [2.45, 2.75) is 39.2 Å². The minimum Gasteiger partial charge on any atom is -0.345 e. The van der Waals surface area contributed by atoms with Crippen molar-refractivity contribution in [1.29, 1.82) is 0 Å². The van der Waals surface area contributed by atoms with E-state index in [1.54, 1.807) is 11.9 Å². The largest absolute Gasteiger partial charge is 0.345 e. The van der Waals surface area contributed by atoms with Crippen LogP contribution < -0.4 is 0 Å². The highest BCUT2D eigenvalue weighted by Gasteiger charge is 2.36. The molecule has 2 aliphatic rings. The Morgan fingerprint density at radius 1 is 1.32 bits per heavy atom. The summed E-state index contributed by atoms with van der Waals surface area (Å²) in [6.45, 7) is 6.11. The van der Waals surface area contributed by atoms with Gasteiger partial charge in [-0.25, -0.2) is 0 Å². The predicted octanol–water partition coefficient (Wildman–Crippen LogP) is 1.14. The third-order valence-corrected chi connectivity index (χ3v) is 4.79. The monoisotopic (exact) mass is 304 g/mol. The summed E-state index contributed by atoms with van der Waals surface area (Å²) in [7, 11) is 1.77. The van der Waals surface area contributed by atoms with Crippen LogP contribution in [0.25, 0.3) is 0 Å². The van der Waals surface area contributed by atoms with Gasteiger partial charge in [-0.2, -0.15) is 5.10 Å². The molecule has 3 heterocycles. The number of rotatable bonds is 2. The second kappa shape index (κ2) is 5.74. The third-order valence-electron chi connectivity index (χ3n) is 4.79. The molecule has 0 N–H and O–H groups in total. The van der Waals surface area contributed by atoms with Gasteiger partial charge in [-0.05, 0) is 32.8 Å². The molecule has 6 heteroatoms. The zero-order chi connectivity index (χ0) is 15.9. The number of aryl methyl sites for hydroxylation is 2. The number of aromatic nitrogens is 2. The summed E-state index contributed by atoms with van der Waals surface area (Å²) < 4.78 is 2.06. The molecule has 0 aliphatic carbocycles. The van der Waals surface area contributed by atoms with Crippen LogP contribution in [0.15, 0.2) is 6.07 Å². The summed E-state index contributed by atoms with van der Waals surface area (Å²) in [5.74, 6) is 0.0334. The average Bonchev–Trinajstić information content (AvgIpc) is 3.00. The SMILES string of the molecule is Cc1cc(C)n(C2CCCN(C(=O)C3CC(=O)N(C)C3)C2)n1. The fourth-order valence-electron chi connectivity index (χ4n) is 3.66. The van der Waals surface area contributed by atoms with Gasteiger partial charge in [-0.15, -0.1) is 0 Å². The highest BCUT2D eigenvalue weighted by atomic mass is 16.2. The highest BCUT2D eigenvalue weighted by Crippen LogP contribution is 2.26. The van der Waals surface area contributed by atoms with E-state index in [1.807, 2.05) is 11.8 Å². The molecule has 1 aromatic heterocycles. The molecule has 0 bridgehead atoms. The summed E-state index contributed by atoms with van der Waals surface area (Å²) in [6.07, 6.45) is 2.40. The molecular weight excluding hydrogens is 280 g/mol. The molecule has 2 amide bonds. The molecule has 120 valence electrons. The lowest BCUT2D eigenvalue weighted by molar-refractivity contribution is -0.137. The lowest BCUT2D eigenvalue weighted by Gasteiger charge is -2.34. The number of carbonyl (C=O) groups excluding carboxylic acids is 2. The highest BCUT2D eigenvalue weighted by molar-refractivity contribution is 5.89. The first-order valence-corrected chi connectivity index (χ1v) is 8.01. The molecular formula is C16H24N4O2. The van der Waals surface area contributed by atoms with Gasteiger partial charge in [0, 0.05) is 38.8 Å². The minimum absolute atomic E-state index is 0.0745. The summed E-state index contributed by atoms with van der Waals surface area (Å²) >= 11 is 0. The van der Waals surface area contributed by atoms with Gasteiger partial charge in [0.15, 0.2) is 0 Å². The first-order chi connectivity index (χ1) is 10.5. The van der Waals surface area contributed by atoms with Crippen molar-refractivity contribution in [1.82, 2.24) is 19.6 Å². The van der Waals surface area contributed by atoms with Gasteiger partial charge in [0.25, 0.3) is 0 Å². The zero-order valence-electron chi connectivity index (χ0n) is 13.6. The maximum atomic E-state index is 12.7. The zero-order valence-corrected chi connectivity index (χ0v) is 13.6. The van der Waals surface area contributed by atoms with E-state index in [9.17, 15) is 9.59 Å². The van der Waals surface area contributed by atoms with Gasteiger partial charge >= 0.3 is 0 Å². The van der Waals surface area contributed by atoms with Crippen molar-refractivity contribution in [2.24, 2.45) is 5.92 Å². The number of hydrogen-bond donors (Lipinski definition) is 0. The van der Waals surface area contributed by atoms with Crippen LogP contribution >= 0.6 is 0 Å². The van der Waals surface area contributed by atoms with E-state index >= 15 is 0 Å². The third kappa shape index (κ3) is 2.74. The quantitative estimate of drug-likeness (QED) is 0.823. The number of piperidine rings is 1. The summed E-state index contributed by atoms with van der Waals surface area (Å²) in [4.78, 5) is 27.9. The van der Waals surface area contributed by atoms with Crippen molar-refractivity contribution in [3.63, 3.8) is 0 Å². The molecule has 2 unspecified atom stereocenters. The number of hydrogen-bond acceptors (Lipinski definition) is 3. The average molecular weight is 304 g/mol. The molecule has 0 spiro atoms. The Balaban J connectivity index is 1.69. The van der Waals surface area contributed by atoms with Crippen molar-refractivity contribution < 1.29 is 9.59 Å². The predicted molar refractivity (Wildman–Crippen MR) is 82.3 cm³/mol. The van der Waals surface area contributed by atoms with E-state index in [2.05, 4.69) is 22.8 Å². The maximum absolute atomic E-state index is 12.7. The van der Waals surface area contributed by atoms with Crippen LogP contribution in [0.5, 0.6) is 0 Å². The molecule has 0 saturated carbocycles. The fraction of sp³-hybridized carbons (Fsp3) is 0.688. The van der Waals surface area contributed by atoms with E-state index < -0.39 is 0 Å². The van der Waals surface area contributed by atoms with Gasteiger partial charge in [0.05, 0.1) is 17.7 Å². The molecule has 3 rings (SSSR count). The van der Waals surface area contributed by atoms with Gasteiger partial charge in [-0.3, -0.25) is 14.3 Å². The summed E-state index contributed by atoms with van der Waals surface area (Å²) in [6, 6.07) is 2.33. The van der Waals surface area contributed by atoms with Gasteiger partial charge < -0.3 is 9.80 Å². The Morgan fingerprint density at radius 2 is 2.09 bits per heavy atom. The number of likely N-dealkylation sites (tertiary alicyclic amines) is 2. The second-order valence-corrected chi connectivity index (χ2v) is 6.63. The fourth-order valence-corrected chi connectivity index (χ4v) is 3.66. The van der Waals surface area contributed by atoms with Crippen molar-refractivity contribution in [3.8, 4) is 0 Å². The van der Waals surface area contributed by atoms with E-state index in [1.165, 1.54) is 0 Å². The summed E-state index contributed by atoms with van der Waals surface area (Å²) in [5.41, 5.74) is 2.16. The number of nitrogens with zero attached hydrogens (tertiary/aromatic N) is 4. The molecule has 1 aromatic rings. The lowest BCUT2D eigenvalue weighted by Crippen LogP contribution is -2.44. The van der Waals surface area contributed by atoms with Crippen molar-refractivity contribution >= 4 is 11.8 Å². The Bertz CT molecular complexity index is 595. The number of amides is 2. The maximum Gasteiger partial charge on any atom is 0.228 e. The Kier molecular flexibility index (Phi) is 3.93. The standard InChI is InChI=1S/C16H24N4O2/c1-11-7-12(2)20(17-11)14-5-4-6-19(10-14)16(22)13-8-15(21)18(3)9-13/h7,13-14H,4-6,8-10H2,1-3H3. The van der Waals surface area contributed by atoms with Gasteiger partial charge in [0.1, 0.15) is 0 Å². The first-order valence-electron chi connectivity index (χ1n) is 8.01. The van der Waals surface area contributed by atoms with E-state index in [0.29, 0.717) is 19.5 Å². The molecule has 2 aliphatic heterocycles. The smallest absolute Gasteiger partial charge is 0.228 e.